The van der Waals surface area contributed by atoms with E-state index in [0.717, 1.165) is 30.8 Å². The van der Waals surface area contributed by atoms with Crippen LogP contribution in [-0.2, 0) is 16.0 Å². The van der Waals surface area contributed by atoms with Gasteiger partial charge in [0.05, 0.1) is 19.6 Å². The van der Waals surface area contributed by atoms with Gasteiger partial charge < -0.3 is 15.5 Å². The zero-order chi connectivity index (χ0) is 16.7. The molecular formula is C18H28N3O2+. The predicted octanol–water partition coefficient (Wildman–Crippen LogP) is 0.619. The number of anilines is 1. The summed E-state index contributed by atoms with van der Waals surface area (Å²) >= 11 is 0. The number of aryl methyl sites for hydroxylation is 1. The minimum atomic E-state index is -0.179. The van der Waals surface area contributed by atoms with E-state index in [0.29, 0.717) is 12.5 Å². The average molecular weight is 318 g/mol. The van der Waals surface area contributed by atoms with Gasteiger partial charge in [0.1, 0.15) is 0 Å². The molecule has 1 aromatic carbocycles. The Morgan fingerprint density at radius 1 is 1.26 bits per heavy atom. The molecule has 0 bridgehead atoms. The van der Waals surface area contributed by atoms with Gasteiger partial charge in [0.15, 0.2) is 6.54 Å². The third kappa shape index (κ3) is 5.67. The molecule has 5 nitrogen and oxygen atoms in total. The second kappa shape index (κ2) is 8.67. The van der Waals surface area contributed by atoms with Crippen LogP contribution in [0.2, 0.25) is 0 Å². The molecule has 1 aliphatic heterocycles. The lowest BCUT2D eigenvalue weighted by atomic mass is 10.0. The highest BCUT2D eigenvalue weighted by Crippen LogP contribution is 2.14. The molecule has 2 atom stereocenters. The van der Waals surface area contributed by atoms with Crippen molar-refractivity contribution in [2.24, 2.45) is 5.92 Å². The summed E-state index contributed by atoms with van der Waals surface area (Å²) in [4.78, 5) is 25.3. The number of hydrogen-bond acceptors (Lipinski definition) is 2. The number of quaternary nitrogens is 1. The molecule has 0 radical (unpaired) electrons. The molecule has 3 N–H and O–H groups in total. The van der Waals surface area contributed by atoms with Crippen molar-refractivity contribution >= 4 is 17.5 Å². The predicted molar refractivity (Wildman–Crippen MR) is 91.4 cm³/mol. The van der Waals surface area contributed by atoms with E-state index >= 15 is 0 Å². The number of carbonyl (C=O) groups is 2. The van der Waals surface area contributed by atoms with E-state index in [1.807, 2.05) is 24.3 Å². The Morgan fingerprint density at radius 3 is 2.78 bits per heavy atom. The van der Waals surface area contributed by atoms with Crippen LogP contribution in [0.1, 0.15) is 32.3 Å². The van der Waals surface area contributed by atoms with E-state index in [2.05, 4.69) is 24.5 Å². The van der Waals surface area contributed by atoms with Gasteiger partial charge in [-0.2, -0.15) is 0 Å². The van der Waals surface area contributed by atoms with E-state index in [1.165, 1.54) is 17.7 Å². The van der Waals surface area contributed by atoms with Crippen LogP contribution in [0.25, 0.3) is 0 Å². The quantitative estimate of drug-likeness (QED) is 0.720. The molecule has 0 saturated carbocycles. The second-order valence-electron chi connectivity index (χ2n) is 6.46. The molecular weight excluding hydrogens is 290 g/mol. The maximum absolute atomic E-state index is 12.0. The lowest BCUT2D eigenvalue weighted by Gasteiger charge is -2.27. The summed E-state index contributed by atoms with van der Waals surface area (Å²) in [7, 11) is 0. The molecule has 2 rings (SSSR count). The number of likely N-dealkylation sites (tertiary alicyclic amines) is 1. The highest BCUT2D eigenvalue weighted by Gasteiger charge is 2.22. The van der Waals surface area contributed by atoms with Crippen molar-refractivity contribution in [3.05, 3.63) is 29.8 Å². The SMILES string of the molecule is CCc1ccccc1NC(=O)CNC(=O)C[NH+]1CCC[C@@H](C)C1. The molecule has 5 heteroatoms. The molecule has 0 spiro atoms. The molecule has 2 amide bonds. The molecule has 0 aromatic heterocycles. The number of nitrogens with one attached hydrogen (secondary N) is 3. The standard InChI is InChI=1S/C18H27N3O2/c1-3-15-8-4-5-9-16(15)20-17(22)11-19-18(23)13-21-10-6-7-14(2)12-21/h4-5,8-9,14H,3,6-7,10-13H2,1-2H3,(H,19,23)(H,20,22)/p+1/t14-/m1/s1. The zero-order valence-electron chi connectivity index (χ0n) is 14.2. The van der Waals surface area contributed by atoms with E-state index in [9.17, 15) is 9.59 Å². The third-order valence-corrected chi connectivity index (χ3v) is 4.39. The monoisotopic (exact) mass is 318 g/mol. The number of benzene rings is 1. The molecule has 1 unspecified atom stereocenters. The lowest BCUT2D eigenvalue weighted by Crippen LogP contribution is -3.14. The van der Waals surface area contributed by atoms with Crippen LogP contribution in [0.15, 0.2) is 24.3 Å². The molecule has 1 fully saturated rings. The van der Waals surface area contributed by atoms with Gasteiger partial charge in [-0.05, 0) is 30.9 Å². The van der Waals surface area contributed by atoms with Crippen molar-refractivity contribution in [1.29, 1.82) is 0 Å². The summed E-state index contributed by atoms with van der Waals surface area (Å²) in [6, 6.07) is 7.74. The molecule has 0 aliphatic carbocycles. The number of para-hydroxylation sites is 1. The molecule has 1 heterocycles. The normalized spacial score (nSPS) is 20.8. The Balaban J connectivity index is 1.74. The van der Waals surface area contributed by atoms with Crippen molar-refractivity contribution in [2.75, 3.05) is 31.5 Å². The fourth-order valence-corrected chi connectivity index (χ4v) is 3.17. The maximum Gasteiger partial charge on any atom is 0.275 e. The van der Waals surface area contributed by atoms with Crippen molar-refractivity contribution in [1.82, 2.24) is 5.32 Å². The molecule has 1 aromatic rings. The minimum Gasteiger partial charge on any atom is -0.342 e. The van der Waals surface area contributed by atoms with E-state index in [1.54, 1.807) is 0 Å². The number of hydrogen-bond donors (Lipinski definition) is 3. The summed E-state index contributed by atoms with van der Waals surface area (Å²) in [5.74, 6) is 0.453. The van der Waals surface area contributed by atoms with Gasteiger partial charge in [0.25, 0.3) is 5.91 Å². The van der Waals surface area contributed by atoms with Crippen LogP contribution in [0, 0.1) is 5.92 Å². The number of amides is 2. The van der Waals surface area contributed by atoms with Crippen LogP contribution < -0.4 is 15.5 Å². The van der Waals surface area contributed by atoms with Crippen LogP contribution >= 0.6 is 0 Å². The smallest absolute Gasteiger partial charge is 0.275 e. The average Bonchev–Trinajstić information content (AvgIpc) is 2.53. The Kier molecular flexibility index (Phi) is 6.59. The van der Waals surface area contributed by atoms with Gasteiger partial charge in [-0.25, -0.2) is 0 Å². The van der Waals surface area contributed by atoms with Crippen molar-refractivity contribution < 1.29 is 14.5 Å². The van der Waals surface area contributed by atoms with Crippen LogP contribution in [0.4, 0.5) is 5.69 Å². The molecule has 23 heavy (non-hydrogen) atoms. The number of piperidine rings is 1. The molecule has 1 saturated heterocycles. The van der Waals surface area contributed by atoms with Crippen molar-refractivity contribution in [2.45, 2.75) is 33.1 Å². The van der Waals surface area contributed by atoms with Gasteiger partial charge in [-0.3, -0.25) is 9.59 Å². The van der Waals surface area contributed by atoms with Crippen LogP contribution in [0.3, 0.4) is 0 Å². The Hall–Kier alpha value is -1.88. The number of rotatable bonds is 6. The Morgan fingerprint density at radius 2 is 2.04 bits per heavy atom. The first-order valence-corrected chi connectivity index (χ1v) is 8.56. The van der Waals surface area contributed by atoms with E-state index in [4.69, 9.17) is 0 Å². The topological polar surface area (TPSA) is 62.6 Å². The van der Waals surface area contributed by atoms with E-state index < -0.39 is 0 Å². The summed E-state index contributed by atoms with van der Waals surface area (Å²) in [5.41, 5.74) is 1.92. The fraction of sp³-hybridized carbons (Fsp3) is 0.556. The lowest BCUT2D eigenvalue weighted by molar-refractivity contribution is -0.900. The fourth-order valence-electron chi connectivity index (χ4n) is 3.17. The summed E-state index contributed by atoms with van der Waals surface area (Å²) in [5, 5.41) is 5.60. The Bertz CT molecular complexity index is 545. The van der Waals surface area contributed by atoms with Crippen LogP contribution in [0.5, 0.6) is 0 Å². The van der Waals surface area contributed by atoms with Crippen molar-refractivity contribution in [3.8, 4) is 0 Å². The summed E-state index contributed by atoms with van der Waals surface area (Å²) in [6.07, 6.45) is 3.29. The first-order valence-electron chi connectivity index (χ1n) is 8.56. The first kappa shape index (κ1) is 17.5. The maximum atomic E-state index is 12.0. The first-order chi connectivity index (χ1) is 11.1. The Labute approximate surface area is 138 Å². The van der Waals surface area contributed by atoms with Gasteiger partial charge in [-0.1, -0.05) is 32.0 Å². The largest absolute Gasteiger partial charge is 0.342 e. The highest BCUT2D eigenvalue weighted by molar-refractivity contribution is 5.95. The number of carbonyl (C=O) groups excluding carboxylic acids is 2. The summed E-state index contributed by atoms with van der Waals surface area (Å²) < 4.78 is 0. The third-order valence-electron chi connectivity index (χ3n) is 4.39. The van der Waals surface area contributed by atoms with Crippen molar-refractivity contribution in [3.63, 3.8) is 0 Å². The molecule has 1 aliphatic rings. The van der Waals surface area contributed by atoms with Gasteiger partial charge in [-0.15, -0.1) is 0 Å². The second-order valence-corrected chi connectivity index (χ2v) is 6.46. The molecule has 126 valence electrons. The zero-order valence-corrected chi connectivity index (χ0v) is 14.2. The highest BCUT2D eigenvalue weighted by atomic mass is 16.2. The van der Waals surface area contributed by atoms with E-state index in [-0.39, 0.29) is 18.4 Å². The van der Waals surface area contributed by atoms with Gasteiger partial charge in [0, 0.05) is 11.6 Å². The van der Waals surface area contributed by atoms with Crippen LogP contribution in [-0.4, -0.2) is 38.0 Å². The summed E-state index contributed by atoms with van der Waals surface area (Å²) in [6.45, 7) is 6.87. The minimum absolute atomic E-state index is 0.0275. The van der Waals surface area contributed by atoms with Gasteiger partial charge in [0.2, 0.25) is 5.91 Å². The van der Waals surface area contributed by atoms with Gasteiger partial charge >= 0.3 is 0 Å².